The largest absolute Gasteiger partial charge is 0.379 e. The first-order valence-electron chi connectivity index (χ1n) is 17.0. The summed E-state index contributed by atoms with van der Waals surface area (Å²) in [5, 5.41) is 3.33. The molecule has 1 heterocycles. The van der Waals surface area contributed by atoms with Gasteiger partial charge >= 0.3 is 0 Å². The average molecular weight is 640 g/mol. The molecule has 0 spiro atoms. The summed E-state index contributed by atoms with van der Waals surface area (Å²) < 4.78 is 60.8. The molecule has 12 heteroatoms. The second-order valence-corrected chi connectivity index (χ2v) is 10.4. The maximum Gasteiger partial charge on any atom is 0.0704 e. The van der Waals surface area contributed by atoms with Crippen LogP contribution < -0.4 is 5.32 Å². The Balaban J connectivity index is 1.60. The van der Waals surface area contributed by atoms with Crippen molar-refractivity contribution in [1.29, 1.82) is 0 Å². The van der Waals surface area contributed by atoms with E-state index in [9.17, 15) is 0 Å². The Kier molecular flexibility index (Phi) is 34.9. The lowest BCUT2D eigenvalue weighted by Crippen LogP contribution is -2.33. The van der Waals surface area contributed by atoms with Crippen molar-refractivity contribution >= 4 is 0 Å². The highest BCUT2D eigenvalue weighted by molar-refractivity contribution is 4.67. The van der Waals surface area contributed by atoms with Gasteiger partial charge in [0.25, 0.3) is 0 Å². The van der Waals surface area contributed by atoms with E-state index in [1.54, 1.807) is 0 Å². The summed E-state index contributed by atoms with van der Waals surface area (Å²) in [6.45, 7) is 16.3. The molecule has 0 radical (unpaired) electrons. The van der Waals surface area contributed by atoms with Crippen molar-refractivity contribution < 1.29 is 52.1 Å². The van der Waals surface area contributed by atoms with E-state index in [4.69, 9.17) is 52.1 Å². The zero-order valence-corrected chi connectivity index (χ0v) is 27.8. The molecule has 0 aromatic rings. The molecule has 264 valence electrons. The molecule has 12 nitrogen and oxygen atoms in total. The van der Waals surface area contributed by atoms with Gasteiger partial charge < -0.3 is 57.4 Å². The fourth-order valence-corrected chi connectivity index (χ4v) is 4.12. The number of piperidine rings is 1. The molecule has 0 bridgehead atoms. The third kappa shape index (κ3) is 32.9. The van der Waals surface area contributed by atoms with E-state index in [2.05, 4.69) is 12.2 Å². The zero-order chi connectivity index (χ0) is 31.3. The fraction of sp³-hybridized carbons (Fsp3) is 1.00. The second kappa shape index (κ2) is 37.0. The lowest BCUT2D eigenvalue weighted by Gasteiger charge is -2.22. The minimum absolute atomic E-state index is 0.375. The number of unbranched alkanes of at least 4 members (excludes halogenated alkanes) is 4. The van der Waals surface area contributed by atoms with Crippen molar-refractivity contribution in [3.8, 4) is 0 Å². The van der Waals surface area contributed by atoms with Crippen LogP contribution in [0, 0.1) is 0 Å². The molecule has 1 rings (SSSR count). The smallest absolute Gasteiger partial charge is 0.0704 e. The number of nitrogens with one attached hydrogen (secondary N) is 1. The van der Waals surface area contributed by atoms with Crippen molar-refractivity contribution in [3.05, 3.63) is 0 Å². The normalized spacial score (nSPS) is 14.1. The summed E-state index contributed by atoms with van der Waals surface area (Å²) in [5.41, 5.74) is 0. The van der Waals surface area contributed by atoms with E-state index in [1.807, 2.05) is 0 Å². The quantitative estimate of drug-likeness (QED) is 0.101. The molecule has 0 aliphatic carbocycles. The van der Waals surface area contributed by atoms with Gasteiger partial charge in [0.05, 0.1) is 138 Å². The van der Waals surface area contributed by atoms with Gasteiger partial charge in [-0.2, -0.15) is 0 Å². The maximum atomic E-state index is 5.79. The van der Waals surface area contributed by atoms with E-state index < -0.39 is 0 Å². The number of rotatable bonds is 37. The Hall–Kier alpha value is -0.480. The van der Waals surface area contributed by atoms with E-state index in [-0.39, 0.29) is 0 Å². The van der Waals surface area contributed by atoms with Crippen LogP contribution in [-0.4, -0.2) is 158 Å². The van der Waals surface area contributed by atoms with Gasteiger partial charge in [-0.05, 0) is 32.4 Å². The number of hydrogen-bond acceptors (Lipinski definition) is 12. The van der Waals surface area contributed by atoms with Gasteiger partial charge in [0, 0.05) is 6.61 Å². The Bertz CT molecular complexity index is 530. The summed E-state index contributed by atoms with van der Waals surface area (Å²) in [5.74, 6) is 0. The molecule has 1 aliphatic heterocycles. The number of ether oxygens (including phenoxy) is 11. The highest BCUT2D eigenvalue weighted by Crippen LogP contribution is 2.06. The van der Waals surface area contributed by atoms with Gasteiger partial charge in [0.1, 0.15) is 0 Å². The molecule has 0 aromatic heterocycles. The fourth-order valence-electron chi connectivity index (χ4n) is 4.12. The van der Waals surface area contributed by atoms with Crippen molar-refractivity contribution in [3.63, 3.8) is 0 Å². The predicted molar refractivity (Wildman–Crippen MR) is 169 cm³/mol. The summed E-state index contributed by atoms with van der Waals surface area (Å²) in [4.78, 5) is 0. The molecule has 0 amide bonds. The minimum Gasteiger partial charge on any atom is -0.379 e. The molecular formula is C32H65NO11. The third-order valence-corrected chi connectivity index (χ3v) is 6.61. The molecule has 0 saturated carbocycles. The first kappa shape index (κ1) is 41.5. The highest BCUT2D eigenvalue weighted by Gasteiger charge is 2.12. The molecule has 0 atom stereocenters. The van der Waals surface area contributed by atoms with Crippen LogP contribution in [0.15, 0.2) is 0 Å². The van der Waals surface area contributed by atoms with Crippen molar-refractivity contribution in [2.75, 3.05) is 152 Å². The van der Waals surface area contributed by atoms with Gasteiger partial charge in [-0.1, -0.05) is 32.6 Å². The monoisotopic (exact) mass is 639 g/mol. The summed E-state index contributed by atoms with van der Waals surface area (Å²) in [7, 11) is 0. The van der Waals surface area contributed by atoms with E-state index >= 15 is 0 Å². The summed E-state index contributed by atoms with van der Waals surface area (Å²) in [6.07, 6.45) is 8.83. The highest BCUT2D eigenvalue weighted by atomic mass is 16.6. The van der Waals surface area contributed by atoms with E-state index in [0.29, 0.717) is 138 Å². The zero-order valence-electron chi connectivity index (χ0n) is 27.8. The van der Waals surface area contributed by atoms with Crippen molar-refractivity contribution in [2.45, 2.75) is 58.0 Å². The Morgan fingerprint density at radius 3 is 1.00 bits per heavy atom. The lowest BCUT2D eigenvalue weighted by molar-refractivity contribution is -0.0324. The van der Waals surface area contributed by atoms with Gasteiger partial charge in [-0.3, -0.25) is 0 Å². The summed E-state index contributed by atoms with van der Waals surface area (Å²) >= 11 is 0. The Labute approximate surface area is 267 Å². The first-order chi connectivity index (χ1) is 21.9. The average Bonchev–Trinajstić information content (AvgIpc) is 3.05. The van der Waals surface area contributed by atoms with Gasteiger partial charge in [0.15, 0.2) is 0 Å². The van der Waals surface area contributed by atoms with E-state index in [1.165, 1.54) is 25.7 Å². The molecule has 1 aliphatic rings. The van der Waals surface area contributed by atoms with Crippen LogP contribution in [0.5, 0.6) is 0 Å². The van der Waals surface area contributed by atoms with Gasteiger partial charge in [0.2, 0.25) is 0 Å². The van der Waals surface area contributed by atoms with Crippen LogP contribution in [0.3, 0.4) is 0 Å². The molecule has 0 aromatic carbocycles. The molecule has 1 saturated heterocycles. The van der Waals surface area contributed by atoms with Crippen molar-refractivity contribution in [2.24, 2.45) is 0 Å². The molecule has 1 fully saturated rings. The molecule has 1 N–H and O–H groups in total. The molecule has 44 heavy (non-hydrogen) atoms. The summed E-state index contributed by atoms with van der Waals surface area (Å²) in [6, 6.07) is 0. The van der Waals surface area contributed by atoms with Crippen LogP contribution in [0.25, 0.3) is 0 Å². The van der Waals surface area contributed by atoms with Crippen LogP contribution >= 0.6 is 0 Å². The topological polar surface area (TPSA) is 114 Å². The van der Waals surface area contributed by atoms with Gasteiger partial charge in [-0.15, -0.1) is 0 Å². The maximum absolute atomic E-state index is 5.79. The van der Waals surface area contributed by atoms with Crippen LogP contribution in [0.1, 0.15) is 51.9 Å². The van der Waals surface area contributed by atoms with E-state index in [0.717, 1.165) is 39.0 Å². The van der Waals surface area contributed by atoms with Gasteiger partial charge in [-0.25, -0.2) is 0 Å². The van der Waals surface area contributed by atoms with Crippen LogP contribution in [0.4, 0.5) is 0 Å². The van der Waals surface area contributed by atoms with Crippen molar-refractivity contribution in [1.82, 2.24) is 5.32 Å². The molecule has 0 unspecified atom stereocenters. The number of hydrogen-bond donors (Lipinski definition) is 1. The third-order valence-electron chi connectivity index (χ3n) is 6.61. The molecular weight excluding hydrogens is 574 g/mol. The minimum atomic E-state index is 0.375. The first-order valence-corrected chi connectivity index (χ1v) is 17.0. The van der Waals surface area contributed by atoms with Crippen LogP contribution in [0.2, 0.25) is 0 Å². The van der Waals surface area contributed by atoms with Crippen LogP contribution in [-0.2, 0) is 52.1 Å². The Morgan fingerprint density at radius 1 is 0.364 bits per heavy atom. The standard InChI is InChI=1S/C32H65NO11/c1-2-3-4-5-6-11-34-12-13-35-14-15-36-16-17-37-18-19-38-20-21-39-22-23-40-24-25-41-26-27-42-28-29-43-30-31-44-32-7-9-33-10-8-32/h32-33H,2-31H2,1H3. The predicted octanol–water partition coefficient (Wildman–Crippen LogP) is 2.89. The SMILES string of the molecule is CCCCCCCOCCOCCOCCOCCOCCOCCOCCOCCOCCOCCOC1CCNCC1. The Morgan fingerprint density at radius 2 is 0.659 bits per heavy atom. The lowest BCUT2D eigenvalue weighted by atomic mass is 10.1. The second-order valence-electron chi connectivity index (χ2n) is 10.4.